The standard InChI is InChI=1S/C23H30O2/c1-17(2)16-20-12-8-9-13-21(20)23(24)25-22(18(3)4)15-14-19-10-6-5-7-11-19/h5-13,17-18,22H,14-16H2,1-4H3. The summed E-state index contributed by atoms with van der Waals surface area (Å²) in [5.41, 5.74) is 3.07. The smallest absolute Gasteiger partial charge is 0.338 e. The molecule has 0 aliphatic carbocycles. The molecule has 2 heteroatoms. The third-order valence-corrected chi connectivity index (χ3v) is 4.43. The molecule has 0 bridgehead atoms. The minimum Gasteiger partial charge on any atom is -0.458 e. The Bertz CT molecular complexity index is 659. The van der Waals surface area contributed by atoms with Gasteiger partial charge in [-0.1, -0.05) is 76.2 Å². The number of benzene rings is 2. The van der Waals surface area contributed by atoms with Gasteiger partial charge >= 0.3 is 5.97 Å². The summed E-state index contributed by atoms with van der Waals surface area (Å²) in [6.07, 6.45) is 2.59. The average molecular weight is 338 g/mol. The number of aryl methyl sites for hydroxylation is 1. The minimum atomic E-state index is -0.192. The largest absolute Gasteiger partial charge is 0.458 e. The normalized spacial score (nSPS) is 12.4. The maximum absolute atomic E-state index is 12.8. The monoisotopic (exact) mass is 338 g/mol. The third-order valence-electron chi connectivity index (χ3n) is 4.43. The molecule has 0 N–H and O–H groups in total. The number of hydrogen-bond acceptors (Lipinski definition) is 2. The number of carbonyl (C=O) groups is 1. The second kappa shape index (κ2) is 9.41. The zero-order valence-electron chi connectivity index (χ0n) is 15.9. The first-order valence-electron chi connectivity index (χ1n) is 9.30. The van der Waals surface area contributed by atoms with Crippen molar-refractivity contribution < 1.29 is 9.53 Å². The van der Waals surface area contributed by atoms with Gasteiger partial charge in [-0.3, -0.25) is 0 Å². The van der Waals surface area contributed by atoms with Gasteiger partial charge in [0.25, 0.3) is 0 Å². The summed E-state index contributed by atoms with van der Waals surface area (Å²) < 4.78 is 5.90. The van der Waals surface area contributed by atoms with E-state index in [-0.39, 0.29) is 12.1 Å². The van der Waals surface area contributed by atoms with Crippen LogP contribution in [0, 0.1) is 11.8 Å². The zero-order valence-corrected chi connectivity index (χ0v) is 15.9. The highest BCUT2D eigenvalue weighted by atomic mass is 16.5. The maximum Gasteiger partial charge on any atom is 0.338 e. The van der Waals surface area contributed by atoms with Crippen LogP contribution in [0.15, 0.2) is 54.6 Å². The summed E-state index contributed by atoms with van der Waals surface area (Å²) in [6.45, 7) is 8.56. The lowest BCUT2D eigenvalue weighted by Crippen LogP contribution is -2.25. The molecule has 134 valence electrons. The lowest BCUT2D eigenvalue weighted by Gasteiger charge is -2.22. The Balaban J connectivity index is 2.05. The van der Waals surface area contributed by atoms with Gasteiger partial charge in [0.15, 0.2) is 0 Å². The molecular weight excluding hydrogens is 308 g/mol. The fraction of sp³-hybridized carbons (Fsp3) is 0.435. The van der Waals surface area contributed by atoms with Crippen molar-refractivity contribution in [2.45, 2.75) is 53.1 Å². The van der Waals surface area contributed by atoms with E-state index in [0.717, 1.165) is 24.8 Å². The Labute approximate surface area is 152 Å². The van der Waals surface area contributed by atoms with Crippen LogP contribution < -0.4 is 0 Å². The predicted molar refractivity (Wildman–Crippen MR) is 104 cm³/mol. The highest BCUT2D eigenvalue weighted by molar-refractivity contribution is 5.91. The van der Waals surface area contributed by atoms with E-state index in [0.29, 0.717) is 17.4 Å². The van der Waals surface area contributed by atoms with Gasteiger partial charge in [0.2, 0.25) is 0 Å². The summed E-state index contributed by atoms with van der Waals surface area (Å²) in [7, 11) is 0. The average Bonchev–Trinajstić information content (AvgIpc) is 2.59. The zero-order chi connectivity index (χ0) is 18.2. The second-order valence-corrected chi connectivity index (χ2v) is 7.47. The quantitative estimate of drug-likeness (QED) is 0.577. The highest BCUT2D eigenvalue weighted by Gasteiger charge is 2.21. The molecule has 0 saturated heterocycles. The molecule has 25 heavy (non-hydrogen) atoms. The van der Waals surface area contributed by atoms with E-state index in [9.17, 15) is 4.79 Å². The van der Waals surface area contributed by atoms with E-state index in [1.54, 1.807) is 0 Å². The van der Waals surface area contributed by atoms with Crippen LogP contribution >= 0.6 is 0 Å². The van der Waals surface area contributed by atoms with Crippen molar-refractivity contribution in [3.05, 3.63) is 71.3 Å². The van der Waals surface area contributed by atoms with Crippen LogP contribution in [0.4, 0.5) is 0 Å². The van der Waals surface area contributed by atoms with Gasteiger partial charge in [-0.05, 0) is 48.3 Å². The van der Waals surface area contributed by atoms with Crippen LogP contribution in [0.25, 0.3) is 0 Å². The topological polar surface area (TPSA) is 26.3 Å². The van der Waals surface area contributed by atoms with Gasteiger partial charge in [0.05, 0.1) is 5.56 Å². The fourth-order valence-corrected chi connectivity index (χ4v) is 3.02. The molecule has 0 fully saturated rings. The SMILES string of the molecule is CC(C)Cc1ccccc1C(=O)OC(CCc1ccccc1)C(C)C. The molecule has 2 aromatic rings. The molecule has 0 saturated carbocycles. The van der Waals surface area contributed by atoms with Gasteiger partial charge in [-0.15, -0.1) is 0 Å². The summed E-state index contributed by atoms with van der Waals surface area (Å²) in [4.78, 5) is 12.8. The molecule has 0 amide bonds. The van der Waals surface area contributed by atoms with Crippen molar-refractivity contribution in [1.29, 1.82) is 0 Å². The lowest BCUT2D eigenvalue weighted by atomic mass is 9.97. The minimum absolute atomic E-state index is 0.0696. The van der Waals surface area contributed by atoms with Crippen molar-refractivity contribution >= 4 is 5.97 Å². The van der Waals surface area contributed by atoms with Gasteiger partial charge in [-0.25, -0.2) is 4.79 Å². The molecule has 1 unspecified atom stereocenters. The van der Waals surface area contributed by atoms with Crippen molar-refractivity contribution in [1.82, 2.24) is 0 Å². The Kier molecular flexibility index (Phi) is 7.24. The van der Waals surface area contributed by atoms with Crippen LogP contribution in [-0.4, -0.2) is 12.1 Å². The molecule has 0 aromatic heterocycles. The van der Waals surface area contributed by atoms with Gasteiger partial charge in [0, 0.05) is 0 Å². The maximum atomic E-state index is 12.8. The summed E-state index contributed by atoms with van der Waals surface area (Å²) in [6, 6.07) is 18.2. The van der Waals surface area contributed by atoms with E-state index >= 15 is 0 Å². The number of rotatable bonds is 8. The van der Waals surface area contributed by atoms with Crippen molar-refractivity contribution in [2.75, 3.05) is 0 Å². The van der Waals surface area contributed by atoms with Gasteiger partial charge in [-0.2, -0.15) is 0 Å². The molecule has 0 heterocycles. The Hall–Kier alpha value is -2.09. The highest BCUT2D eigenvalue weighted by Crippen LogP contribution is 2.20. The van der Waals surface area contributed by atoms with Crippen LogP contribution in [0.2, 0.25) is 0 Å². The van der Waals surface area contributed by atoms with E-state index in [1.165, 1.54) is 5.56 Å². The molecule has 0 spiro atoms. The van der Waals surface area contributed by atoms with Crippen molar-refractivity contribution in [2.24, 2.45) is 11.8 Å². The van der Waals surface area contributed by atoms with E-state index < -0.39 is 0 Å². The fourth-order valence-electron chi connectivity index (χ4n) is 3.02. The summed E-state index contributed by atoms with van der Waals surface area (Å²) >= 11 is 0. The van der Waals surface area contributed by atoms with Crippen LogP contribution in [-0.2, 0) is 17.6 Å². The predicted octanol–water partition coefficient (Wildman–Crippen LogP) is 5.70. The summed E-state index contributed by atoms with van der Waals surface area (Å²) in [5, 5.41) is 0. The van der Waals surface area contributed by atoms with Crippen molar-refractivity contribution in [3.63, 3.8) is 0 Å². The number of esters is 1. The van der Waals surface area contributed by atoms with Gasteiger partial charge < -0.3 is 4.74 Å². The van der Waals surface area contributed by atoms with Crippen molar-refractivity contribution in [3.8, 4) is 0 Å². The molecule has 1 atom stereocenters. The molecule has 2 nitrogen and oxygen atoms in total. The number of ether oxygens (including phenoxy) is 1. The first kappa shape index (κ1) is 19.2. The number of carbonyl (C=O) groups excluding carboxylic acids is 1. The Morgan fingerprint density at radius 1 is 0.920 bits per heavy atom. The molecule has 2 aromatic carbocycles. The van der Waals surface area contributed by atoms with Gasteiger partial charge in [0.1, 0.15) is 6.10 Å². The number of hydrogen-bond donors (Lipinski definition) is 0. The first-order valence-corrected chi connectivity index (χ1v) is 9.30. The van der Waals surface area contributed by atoms with Crippen LogP contribution in [0.3, 0.4) is 0 Å². The molecule has 0 aliphatic rings. The van der Waals surface area contributed by atoms with E-state index in [4.69, 9.17) is 4.74 Å². The summed E-state index contributed by atoms with van der Waals surface area (Å²) in [5.74, 6) is 0.612. The Morgan fingerprint density at radius 2 is 1.56 bits per heavy atom. The third kappa shape index (κ3) is 6.04. The second-order valence-electron chi connectivity index (χ2n) is 7.47. The van der Waals surface area contributed by atoms with Crippen LogP contribution in [0.5, 0.6) is 0 Å². The van der Waals surface area contributed by atoms with E-state index in [2.05, 4.69) is 39.8 Å². The Morgan fingerprint density at radius 3 is 2.20 bits per heavy atom. The van der Waals surface area contributed by atoms with E-state index in [1.807, 2.05) is 42.5 Å². The van der Waals surface area contributed by atoms with Crippen LogP contribution in [0.1, 0.15) is 55.6 Å². The molecular formula is C23H30O2. The first-order chi connectivity index (χ1) is 12.0. The molecule has 0 aliphatic heterocycles. The lowest BCUT2D eigenvalue weighted by molar-refractivity contribution is 0.0158. The molecule has 0 radical (unpaired) electrons. The molecule has 2 rings (SSSR count).